The first-order valence-corrected chi connectivity index (χ1v) is 14.5. The zero-order valence-corrected chi connectivity index (χ0v) is 22.7. The number of pyridine rings is 1. The van der Waals surface area contributed by atoms with Gasteiger partial charge in [0.15, 0.2) is 0 Å². The molecule has 3 aromatic carbocycles. The number of hydrogen-bond donors (Lipinski definition) is 0. The minimum atomic E-state index is 0.127. The molecule has 5 rings (SSSR count). The molecule has 190 valence electrons. The third kappa shape index (κ3) is 5.28. The number of rotatable bonds is 12. The van der Waals surface area contributed by atoms with Crippen molar-refractivity contribution in [2.45, 2.75) is 83.5 Å². The molecular weight excluding hydrogens is 446 g/mol. The fourth-order valence-corrected chi connectivity index (χ4v) is 6.40. The lowest BCUT2D eigenvalue weighted by Gasteiger charge is -2.33. The van der Waals surface area contributed by atoms with E-state index in [1.165, 1.54) is 92.0 Å². The Morgan fingerprint density at radius 3 is 1.95 bits per heavy atom. The standard InChI is InChI=1S/C36H41N/c1-3-5-7-12-23-36(24-13-8-6-4-2)33-19-10-9-18-31(33)32-22-21-29(27-34(32)36)28-16-15-17-30(26-28)35-20-11-14-25-37-35/h9-11,14-22,25-27H,3-8,12-13,23-24H2,1-2H3. The minimum absolute atomic E-state index is 0.127. The maximum Gasteiger partial charge on any atom is 0.0702 e. The largest absolute Gasteiger partial charge is 0.256 e. The second-order valence-electron chi connectivity index (χ2n) is 10.8. The molecule has 0 N–H and O–H groups in total. The summed E-state index contributed by atoms with van der Waals surface area (Å²) in [6.45, 7) is 4.62. The first-order chi connectivity index (χ1) is 18.3. The van der Waals surface area contributed by atoms with Crippen LogP contribution in [0.2, 0.25) is 0 Å². The number of aromatic nitrogens is 1. The van der Waals surface area contributed by atoms with Crippen LogP contribution < -0.4 is 0 Å². The van der Waals surface area contributed by atoms with Crippen LogP contribution in [0.4, 0.5) is 0 Å². The summed E-state index contributed by atoms with van der Waals surface area (Å²) in [5, 5.41) is 0. The monoisotopic (exact) mass is 487 g/mol. The summed E-state index contributed by atoms with van der Waals surface area (Å²) in [7, 11) is 0. The van der Waals surface area contributed by atoms with Crippen molar-refractivity contribution in [3.8, 4) is 33.5 Å². The van der Waals surface area contributed by atoms with Crippen LogP contribution in [0.15, 0.2) is 91.1 Å². The average molecular weight is 488 g/mol. The summed E-state index contributed by atoms with van der Waals surface area (Å²) in [6, 6.07) is 31.6. The zero-order chi connectivity index (χ0) is 25.5. The van der Waals surface area contributed by atoms with Gasteiger partial charge in [0.05, 0.1) is 5.69 Å². The van der Waals surface area contributed by atoms with Gasteiger partial charge in [-0.25, -0.2) is 0 Å². The highest BCUT2D eigenvalue weighted by Gasteiger charge is 2.42. The summed E-state index contributed by atoms with van der Waals surface area (Å²) in [5.41, 5.74) is 10.9. The van der Waals surface area contributed by atoms with Crippen LogP contribution >= 0.6 is 0 Å². The molecule has 1 nitrogen and oxygen atoms in total. The fourth-order valence-electron chi connectivity index (χ4n) is 6.40. The van der Waals surface area contributed by atoms with Crippen molar-refractivity contribution in [1.82, 2.24) is 4.98 Å². The van der Waals surface area contributed by atoms with E-state index in [9.17, 15) is 0 Å². The van der Waals surface area contributed by atoms with Crippen molar-refractivity contribution in [3.63, 3.8) is 0 Å². The molecule has 0 fully saturated rings. The van der Waals surface area contributed by atoms with Gasteiger partial charge in [-0.2, -0.15) is 0 Å². The molecule has 0 aliphatic heterocycles. The highest BCUT2D eigenvalue weighted by Crippen LogP contribution is 2.55. The molecule has 0 atom stereocenters. The maximum absolute atomic E-state index is 4.59. The summed E-state index contributed by atoms with van der Waals surface area (Å²) in [5.74, 6) is 0. The lowest BCUT2D eigenvalue weighted by molar-refractivity contribution is 0.401. The first kappa shape index (κ1) is 25.5. The van der Waals surface area contributed by atoms with Crippen molar-refractivity contribution in [3.05, 3.63) is 102 Å². The van der Waals surface area contributed by atoms with Crippen LogP contribution in [0.25, 0.3) is 33.5 Å². The predicted octanol–water partition coefficient (Wildman–Crippen LogP) is 10.6. The van der Waals surface area contributed by atoms with Gasteiger partial charge < -0.3 is 0 Å². The number of fused-ring (bicyclic) bond motifs is 3. The van der Waals surface area contributed by atoms with Gasteiger partial charge in [-0.05, 0) is 70.5 Å². The lowest BCUT2D eigenvalue weighted by atomic mass is 9.70. The smallest absolute Gasteiger partial charge is 0.0702 e. The van der Waals surface area contributed by atoms with E-state index in [2.05, 4.69) is 97.7 Å². The van der Waals surface area contributed by atoms with E-state index in [0.717, 1.165) is 5.69 Å². The third-order valence-corrected chi connectivity index (χ3v) is 8.34. The van der Waals surface area contributed by atoms with E-state index in [1.54, 1.807) is 11.1 Å². The van der Waals surface area contributed by atoms with E-state index in [4.69, 9.17) is 0 Å². The Bertz CT molecular complexity index is 1290. The van der Waals surface area contributed by atoms with E-state index in [0.29, 0.717) is 0 Å². The Kier molecular flexibility index (Phi) is 8.19. The molecule has 0 unspecified atom stereocenters. The molecule has 1 aliphatic rings. The average Bonchev–Trinajstić information content (AvgIpc) is 3.23. The van der Waals surface area contributed by atoms with Gasteiger partial charge in [0.25, 0.3) is 0 Å². The summed E-state index contributed by atoms with van der Waals surface area (Å²) < 4.78 is 0. The molecule has 4 aromatic rings. The Morgan fingerprint density at radius 1 is 0.541 bits per heavy atom. The molecule has 1 aliphatic carbocycles. The second kappa shape index (κ2) is 11.9. The maximum atomic E-state index is 4.59. The Morgan fingerprint density at radius 2 is 1.22 bits per heavy atom. The molecule has 1 heterocycles. The topological polar surface area (TPSA) is 12.9 Å². The molecule has 1 heteroatoms. The molecular formula is C36H41N. The van der Waals surface area contributed by atoms with Gasteiger partial charge >= 0.3 is 0 Å². The van der Waals surface area contributed by atoms with E-state index >= 15 is 0 Å². The van der Waals surface area contributed by atoms with Crippen molar-refractivity contribution in [1.29, 1.82) is 0 Å². The van der Waals surface area contributed by atoms with Crippen LogP contribution in [0.1, 0.15) is 89.2 Å². The van der Waals surface area contributed by atoms with E-state index in [-0.39, 0.29) is 5.41 Å². The Hall–Kier alpha value is -3.19. The third-order valence-electron chi connectivity index (χ3n) is 8.34. The normalized spacial score (nSPS) is 13.4. The number of unbranched alkanes of at least 4 members (excludes halogenated alkanes) is 6. The molecule has 0 amide bonds. The van der Waals surface area contributed by atoms with Crippen LogP contribution in [-0.2, 0) is 5.41 Å². The fraction of sp³-hybridized carbons (Fsp3) is 0.361. The van der Waals surface area contributed by atoms with Crippen LogP contribution in [-0.4, -0.2) is 4.98 Å². The molecule has 0 bridgehead atoms. The number of benzene rings is 3. The SMILES string of the molecule is CCCCCCC1(CCCCCC)c2ccccc2-c2ccc(-c3cccc(-c4ccccn4)c3)cc21. The van der Waals surface area contributed by atoms with Gasteiger partial charge in [-0.1, -0.05) is 126 Å². The van der Waals surface area contributed by atoms with Crippen LogP contribution in [0.3, 0.4) is 0 Å². The molecule has 37 heavy (non-hydrogen) atoms. The lowest BCUT2D eigenvalue weighted by Crippen LogP contribution is -2.25. The molecule has 1 aromatic heterocycles. The predicted molar refractivity (Wildman–Crippen MR) is 159 cm³/mol. The van der Waals surface area contributed by atoms with Gasteiger partial charge in [-0.15, -0.1) is 0 Å². The van der Waals surface area contributed by atoms with E-state index in [1.807, 2.05) is 12.3 Å². The van der Waals surface area contributed by atoms with E-state index < -0.39 is 0 Å². The van der Waals surface area contributed by atoms with Crippen molar-refractivity contribution in [2.75, 3.05) is 0 Å². The summed E-state index contributed by atoms with van der Waals surface area (Å²) in [4.78, 5) is 4.59. The van der Waals surface area contributed by atoms with Gasteiger partial charge in [0.2, 0.25) is 0 Å². The van der Waals surface area contributed by atoms with Crippen LogP contribution in [0, 0.1) is 0 Å². The van der Waals surface area contributed by atoms with Crippen molar-refractivity contribution in [2.24, 2.45) is 0 Å². The highest BCUT2D eigenvalue weighted by atomic mass is 14.7. The zero-order valence-electron chi connectivity index (χ0n) is 22.7. The molecule has 0 spiro atoms. The highest BCUT2D eigenvalue weighted by molar-refractivity contribution is 5.84. The summed E-state index contributed by atoms with van der Waals surface area (Å²) in [6.07, 6.45) is 14.9. The first-order valence-electron chi connectivity index (χ1n) is 14.5. The summed E-state index contributed by atoms with van der Waals surface area (Å²) >= 11 is 0. The molecule has 0 saturated carbocycles. The van der Waals surface area contributed by atoms with Gasteiger partial charge in [-0.3, -0.25) is 4.98 Å². The Labute approximate surface area is 224 Å². The van der Waals surface area contributed by atoms with Gasteiger partial charge in [0.1, 0.15) is 0 Å². The quantitative estimate of drug-likeness (QED) is 0.181. The van der Waals surface area contributed by atoms with Gasteiger partial charge in [0, 0.05) is 17.2 Å². The van der Waals surface area contributed by atoms with Crippen LogP contribution in [0.5, 0.6) is 0 Å². The number of nitrogens with zero attached hydrogens (tertiary/aromatic N) is 1. The second-order valence-corrected chi connectivity index (χ2v) is 10.8. The Balaban J connectivity index is 1.57. The number of hydrogen-bond acceptors (Lipinski definition) is 1. The van der Waals surface area contributed by atoms with Crippen molar-refractivity contribution >= 4 is 0 Å². The molecule has 0 radical (unpaired) electrons. The minimum Gasteiger partial charge on any atom is -0.256 e. The molecule has 0 saturated heterocycles. The van der Waals surface area contributed by atoms with Crippen molar-refractivity contribution < 1.29 is 0 Å².